The van der Waals surface area contributed by atoms with E-state index in [0.29, 0.717) is 0 Å². The summed E-state index contributed by atoms with van der Waals surface area (Å²) in [7, 11) is 0. The number of aryl methyl sites for hydroxylation is 2. The van der Waals surface area contributed by atoms with Gasteiger partial charge < -0.3 is 5.32 Å². The van der Waals surface area contributed by atoms with Gasteiger partial charge in [0.25, 0.3) is 0 Å². The Morgan fingerprint density at radius 3 is 2.59 bits per heavy atom. The van der Waals surface area contributed by atoms with Crippen LogP contribution in [0.4, 0.5) is 11.5 Å². The van der Waals surface area contributed by atoms with E-state index in [1.54, 1.807) is 0 Å². The molecule has 0 spiro atoms. The van der Waals surface area contributed by atoms with Crippen LogP contribution >= 0.6 is 27.5 Å². The largest absolute Gasteiger partial charge is 0.340 e. The van der Waals surface area contributed by atoms with Gasteiger partial charge in [-0.2, -0.15) is 0 Å². The molecule has 2 rings (SSSR count). The molecule has 1 aromatic carbocycles. The molecule has 4 heteroatoms. The topological polar surface area (TPSA) is 24.9 Å². The summed E-state index contributed by atoms with van der Waals surface area (Å²) in [6, 6.07) is 9.66. The number of anilines is 2. The Morgan fingerprint density at radius 1 is 1.18 bits per heavy atom. The first-order valence-electron chi connectivity index (χ1n) is 5.22. The van der Waals surface area contributed by atoms with Gasteiger partial charge in [0.15, 0.2) is 0 Å². The van der Waals surface area contributed by atoms with Crippen molar-refractivity contribution >= 4 is 39.0 Å². The van der Waals surface area contributed by atoms with Crippen molar-refractivity contribution in [3.05, 3.63) is 51.1 Å². The monoisotopic (exact) mass is 310 g/mol. The van der Waals surface area contributed by atoms with Crippen molar-refractivity contribution in [3.63, 3.8) is 0 Å². The lowest BCUT2D eigenvalue weighted by Crippen LogP contribution is -1.97. The van der Waals surface area contributed by atoms with Gasteiger partial charge in [0.2, 0.25) is 0 Å². The second-order valence-corrected chi connectivity index (χ2v) is 5.14. The maximum atomic E-state index is 5.92. The Hall–Kier alpha value is -1.06. The smallest absolute Gasteiger partial charge is 0.130 e. The predicted molar refractivity (Wildman–Crippen MR) is 76.1 cm³/mol. The number of benzene rings is 1. The summed E-state index contributed by atoms with van der Waals surface area (Å²) in [4.78, 5) is 4.44. The van der Waals surface area contributed by atoms with Crippen LogP contribution in [0, 0.1) is 13.8 Å². The molecule has 0 amide bonds. The van der Waals surface area contributed by atoms with Crippen LogP contribution in [0.1, 0.15) is 11.3 Å². The first-order valence-corrected chi connectivity index (χ1v) is 6.39. The molecule has 1 heterocycles. The number of halogens is 2. The molecule has 0 aliphatic carbocycles. The zero-order chi connectivity index (χ0) is 12.4. The lowest BCUT2D eigenvalue weighted by molar-refractivity contribution is 1.18. The van der Waals surface area contributed by atoms with E-state index in [1.165, 1.54) is 0 Å². The molecule has 1 N–H and O–H groups in total. The molecule has 2 nitrogen and oxygen atoms in total. The number of nitrogens with one attached hydrogen (secondary N) is 1. The second-order valence-electron chi connectivity index (χ2n) is 3.85. The molecule has 0 unspecified atom stereocenters. The van der Waals surface area contributed by atoms with Gasteiger partial charge in [0.05, 0.1) is 5.69 Å². The van der Waals surface area contributed by atoms with E-state index in [-0.39, 0.29) is 0 Å². The Bertz CT molecular complexity index is 555. The van der Waals surface area contributed by atoms with E-state index in [4.69, 9.17) is 11.6 Å². The fraction of sp³-hybridized carbons (Fsp3) is 0.154. The zero-order valence-electron chi connectivity index (χ0n) is 9.59. The molecule has 0 atom stereocenters. The van der Waals surface area contributed by atoms with E-state index < -0.39 is 0 Å². The minimum atomic E-state index is 0.744. The lowest BCUT2D eigenvalue weighted by Gasteiger charge is -2.10. The minimum Gasteiger partial charge on any atom is -0.340 e. The van der Waals surface area contributed by atoms with Crippen LogP contribution < -0.4 is 5.32 Å². The molecular formula is C13H12BrClN2. The van der Waals surface area contributed by atoms with Crippen molar-refractivity contribution in [2.24, 2.45) is 0 Å². The van der Waals surface area contributed by atoms with Crippen molar-refractivity contribution in [1.82, 2.24) is 4.98 Å². The van der Waals surface area contributed by atoms with Crippen LogP contribution in [0.3, 0.4) is 0 Å². The van der Waals surface area contributed by atoms with Crippen molar-refractivity contribution < 1.29 is 0 Å². The van der Waals surface area contributed by atoms with Gasteiger partial charge in [-0.25, -0.2) is 4.98 Å². The maximum Gasteiger partial charge on any atom is 0.130 e. The van der Waals surface area contributed by atoms with Crippen molar-refractivity contribution in [2.45, 2.75) is 13.8 Å². The summed E-state index contributed by atoms with van der Waals surface area (Å²) in [5.41, 5.74) is 3.07. The van der Waals surface area contributed by atoms with Gasteiger partial charge >= 0.3 is 0 Å². The van der Waals surface area contributed by atoms with Gasteiger partial charge in [-0.15, -0.1) is 0 Å². The van der Waals surface area contributed by atoms with Crippen LogP contribution in [-0.2, 0) is 0 Å². The molecule has 2 aromatic rings. The Morgan fingerprint density at radius 2 is 1.94 bits per heavy atom. The summed E-state index contributed by atoms with van der Waals surface area (Å²) < 4.78 is 1.01. The quantitative estimate of drug-likeness (QED) is 0.857. The average Bonchev–Trinajstić information content (AvgIpc) is 2.27. The first-order chi connectivity index (χ1) is 8.06. The zero-order valence-corrected chi connectivity index (χ0v) is 11.9. The Labute approximate surface area is 114 Å². The summed E-state index contributed by atoms with van der Waals surface area (Å²) in [5, 5.41) is 4.02. The molecule has 0 saturated carbocycles. The van der Waals surface area contributed by atoms with E-state index in [0.717, 1.165) is 32.3 Å². The van der Waals surface area contributed by atoms with Crippen molar-refractivity contribution in [3.8, 4) is 0 Å². The molecule has 0 radical (unpaired) electrons. The molecule has 17 heavy (non-hydrogen) atoms. The van der Waals surface area contributed by atoms with Crippen molar-refractivity contribution in [2.75, 3.05) is 5.32 Å². The normalized spacial score (nSPS) is 10.4. The van der Waals surface area contributed by atoms with Gasteiger partial charge in [-0.05, 0) is 65.7 Å². The van der Waals surface area contributed by atoms with Crippen molar-refractivity contribution in [1.29, 1.82) is 0 Å². The fourth-order valence-electron chi connectivity index (χ4n) is 1.52. The lowest BCUT2D eigenvalue weighted by atomic mass is 10.2. The summed E-state index contributed by atoms with van der Waals surface area (Å²) >= 11 is 9.35. The van der Waals surface area contributed by atoms with E-state index in [9.17, 15) is 0 Å². The third kappa shape index (κ3) is 2.99. The number of pyridine rings is 1. The predicted octanol–water partition coefficient (Wildman–Crippen LogP) is 4.86. The fourth-order valence-corrected chi connectivity index (χ4v) is 1.97. The number of hydrogen-bond donors (Lipinski definition) is 1. The number of rotatable bonds is 2. The SMILES string of the molecule is Cc1cc(Cl)ccc1Nc1ccc(Br)c(C)n1. The molecule has 88 valence electrons. The molecule has 0 aliphatic heterocycles. The Kier molecular flexibility index (Phi) is 3.69. The highest BCUT2D eigenvalue weighted by Crippen LogP contribution is 2.24. The highest BCUT2D eigenvalue weighted by atomic mass is 79.9. The minimum absolute atomic E-state index is 0.744. The number of hydrogen-bond acceptors (Lipinski definition) is 2. The third-order valence-corrected chi connectivity index (χ3v) is 3.55. The summed E-state index contributed by atoms with van der Waals surface area (Å²) in [5.74, 6) is 0.830. The average molecular weight is 312 g/mol. The van der Waals surface area contributed by atoms with E-state index >= 15 is 0 Å². The third-order valence-electron chi connectivity index (χ3n) is 2.47. The highest BCUT2D eigenvalue weighted by molar-refractivity contribution is 9.10. The second kappa shape index (κ2) is 5.07. The maximum absolute atomic E-state index is 5.92. The van der Waals surface area contributed by atoms with Gasteiger partial charge in [-0.1, -0.05) is 11.6 Å². The van der Waals surface area contributed by atoms with Crippen LogP contribution in [-0.4, -0.2) is 4.98 Å². The van der Waals surface area contributed by atoms with E-state index in [2.05, 4.69) is 26.2 Å². The van der Waals surface area contributed by atoms with Crippen LogP contribution in [0.15, 0.2) is 34.8 Å². The van der Waals surface area contributed by atoms with Gasteiger partial charge in [0.1, 0.15) is 5.82 Å². The number of nitrogens with zero attached hydrogens (tertiary/aromatic N) is 1. The standard InChI is InChI=1S/C13H12BrClN2/c1-8-7-10(15)3-5-12(8)17-13-6-4-11(14)9(2)16-13/h3-7H,1-2H3,(H,16,17). The summed E-state index contributed by atoms with van der Waals surface area (Å²) in [6.45, 7) is 3.98. The van der Waals surface area contributed by atoms with Gasteiger partial charge in [-0.3, -0.25) is 0 Å². The van der Waals surface area contributed by atoms with Crippen LogP contribution in [0.25, 0.3) is 0 Å². The molecule has 0 fully saturated rings. The van der Waals surface area contributed by atoms with Crippen LogP contribution in [0.2, 0.25) is 5.02 Å². The van der Waals surface area contributed by atoms with E-state index in [1.807, 2.05) is 44.2 Å². The van der Waals surface area contributed by atoms with Crippen LogP contribution in [0.5, 0.6) is 0 Å². The summed E-state index contributed by atoms with van der Waals surface area (Å²) in [6.07, 6.45) is 0. The van der Waals surface area contributed by atoms with Gasteiger partial charge in [0, 0.05) is 15.2 Å². The molecule has 0 bridgehead atoms. The molecular weight excluding hydrogens is 300 g/mol. The molecule has 0 saturated heterocycles. The number of aromatic nitrogens is 1. The Balaban J connectivity index is 2.28. The first kappa shape index (κ1) is 12.4. The highest BCUT2D eigenvalue weighted by Gasteiger charge is 2.02. The molecule has 1 aromatic heterocycles. The molecule has 0 aliphatic rings.